The Labute approximate surface area is 96.9 Å². The molecule has 1 aromatic carbocycles. The zero-order chi connectivity index (χ0) is 11.2. The Bertz CT molecular complexity index is 417. The van der Waals surface area contributed by atoms with Crippen LogP contribution in [0.2, 0.25) is 0 Å². The summed E-state index contributed by atoms with van der Waals surface area (Å²) in [5, 5.41) is 3.43. The summed E-state index contributed by atoms with van der Waals surface area (Å²) >= 11 is 0. The molecule has 0 unspecified atom stereocenters. The second-order valence-corrected chi connectivity index (χ2v) is 3.88. The van der Waals surface area contributed by atoms with Gasteiger partial charge in [0.05, 0.1) is 0 Å². The Morgan fingerprint density at radius 2 is 1.88 bits per heavy atom. The van der Waals surface area contributed by atoms with E-state index in [2.05, 4.69) is 59.4 Å². The highest BCUT2D eigenvalue weighted by molar-refractivity contribution is 5.34. The van der Waals surface area contributed by atoms with Gasteiger partial charge in [-0.3, -0.25) is 0 Å². The summed E-state index contributed by atoms with van der Waals surface area (Å²) in [6, 6.07) is 14.7. The van der Waals surface area contributed by atoms with Crippen LogP contribution in [0.5, 0.6) is 0 Å². The molecular formula is C14H18N2. The summed E-state index contributed by atoms with van der Waals surface area (Å²) in [5.41, 5.74) is 2.53. The minimum atomic E-state index is 0.926. The lowest BCUT2D eigenvalue weighted by Crippen LogP contribution is -2.16. The molecule has 2 heteroatoms. The number of rotatable bonds is 5. The maximum Gasteiger partial charge on any atom is 0.0452 e. The molecule has 1 aromatic heterocycles. The summed E-state index contributed by atoms with van der Waals surface area (Å²) in [5.74, 6) is 0. The molecule has 84 valence electrons. The van der Waals surface area contributed by atoms with Crippen molar-refractivity contribution < 1.29 is 0 Å². The van der Waals surface area contributed by atoms with Gasteiger partial charge >= 0.3 is 0 Å². The highest BCUT2D eigenvalue weighted by Gasteiger charge is 2.01. The Morgan fingerprint density at radius 1 is 1.06 bits per heavy atom. The first-order valence-corrected chi connectivity index (χ1v) is 5.84. The van der Waals surface area contributed by atoms with E-state index >= 15 is 0 Å². The van der Waals surface area contributed by atoms with E-state index in [-0.39, 0.29) is 0 Å². The Kier molecular flexibility index (Phi) is 3.78. The summed E-state index contributed by atoms with van der Waals surface area (Å²) in [4.78, 5) is 0. The quantitative estimate of drug-likeness (QED) is 0.757. The minimum absolute atomic E-state index is 0.926. The van der Waals surface area contributed by atoms with E-state index in [0.29, 0.717) is 0 Å². The maximum absolute atomic E-state index is 3.43. The normalized spacial score (nSPS) is 10.6. The molecule has 0 aliphatic rings. The predicted molar refractivity (Wildman–Crippen MR) is 67.8 cm³/mol. The molecule has 0 amide bonds. The number of hydrogen-bond donors (Lipinski definition) is 1. The van der Waals surface area contributed by atoms with Gasteiger partial charge in [-0.05, 0) is 37.2 Å². The van der Waals surface area contributed by atoms with E-state index in [9.17, 15) is 0 Å². The lowest BCUT2D eigenvalue weighted by molar-refractivity contribution is 0.656. The molecule has 0 aliphatic heterocycles. The molecule has 0 radical (unpaired) electrons. The molecule has 0 atom stereocenters. The molecule has 0 spiro atoms. The van der Waals surface area contributed by atoms with Gasteiger partial charge < -0.3 is 9.88 Å². The van der Waals surface area contributed by atoms with E-state index in [4.69, 9.17) is 0 Å². The van der Waals surface area contributed by atoms with Crippen LogP contribution in [0.1, 0.15) is 19.0 Å². The Hall–Kier alpha value is -1.54. The lowest BCUT2D eigenvalue weighted by Gasteiger charge is -2.09. The molecule has 0 saturated heterocycles. The van der Waals surface area contributed by atoms with E-state index < -0.39 is 0 Å². The van der Waals surface area contributed by atoms with Gasteiger partial charge in [0, 0.05) is 24.1 Å². The molecule has 0 aliphatic carbocycles. The van der Waals surface area contributed by atoms with Crippen LogP contribution in [0.25, 0.3) is 5.69 Å². The third-order valence-electron chi connectivity index (χ3n) is 2.60. The number of para-hydroxylation sites is 1. The minimum Gasteiger partial charge on any atom is -0.320 e. The van der Waals surface area contributed by atoms with Gasteiger partial charge in [0.1, 0.15) is 0 Å². The molecule has 2 rings (SSSR count). The van der Waals surface area contributed by atoms with E-state index in [0.717, 1.165) is 13.1 Å². The van der Waals surface area contributed by atoms with Crippen molar-refractivity contribution in [1.82, 2.24) is 9.88 Å². The standard InChI is InChI=1S/C14H18N2/c1-2-10-15-12-14-9-6-11-16(14)13-7-4-3-5-8-13/h3-9,11,15H,2,10,12H2,1H3. The number of nitrogens with zero attached hydrogens (tertiary/aromatic N) is 1. The van der Waals surface area contributed by atoms with Crippen LogP contribution < -0.4 is 5.32 Å². The molecule has 2 nitrogen and oxygen atoms in total. The molecule has 2 aromatic rings. The fourth-order valence-corrected chi connectivity index (χ4v) is 1.79. The van der Waals surface area contributed by atoms with Crippen LogP contribution in [-0.4, -0.2) is 11.1 Å². The maximum atomic E-state index is 3.43. The van der Waals surface area contributed by atoms with E-state index in [1.807, 2.05) is 6.07 Å². The fraction of sp³-hybridized carbons (Fsp3) is 0.286. The molecule has 0 bridgehead atoms. The van der Waals surface area contributed by atoms with Gasteiger partial charge in [-0.15, -0.1) is 0 Å². The number of nitrogens with one attached hydrogen (secondary N) is 1. The number of hydrogen-bond acceptors (Lipinski definition) is 1. The third kappa shape index (κ3) is 2.52. The zero-order valence-electron chi connectivity index (χ0n) is 9.69. The van der Waals surface area contributed by atoms with Gasteiger partial charge in [0.25, 0.3) is 0 Å². The smallest absolute Gasteiger partial charge is 0.0452 e. The van der Waals surface area contributed by atoms with Gasteiger partial charge in [-0.1, -0.05) is 25.1 Å². The summed E-state index contributed by atoms with van der Waals surface area (Å²) < 4.78 is 2.22. The summed E-state index contributed by atoms with van der Waals surface area (Å²) in [6.45, 7) is 4.18. The van der Waals surface area contributed by atoms with Gasteiger partial charge in [0.2, 0.25) is 0 Å². The van der Waals surface area contributed by atoms with Crippen LogP contribution >= 0.6 is 0 Å². The zero-order valence-corrected chi connectivity index (χ0v) is 9.69. The van der Waals surface area contributed by atoms with E-state index in [1.165, 1.54) is 17.8 Å². The topological polar surface area (TPSA) is 17.0 Å². The van der Waals surface area contributed by atoms with Crippen LogP contribution in [0.3, 0.4) is 0 Å². The second kappa shape index (κ2) is 5.52. The fourth-order valence-electron chi connectivity index (χ4n) is 1.79. The van der Waals surface area contributed by atoms with Crippen molar-refractivity contribution in [2.75, 3.05) is 6.54 Å². The van der Waals surface area contributed by atoms with Crippen molar-refractivity contribution in [3.05, 3.63) is 54.4 Å². The summed E-state index contributed by atoms with van der Waals surface area (Å²) in [6.07, 6.45) is 3.28. The first-order valence-electron chi connectivity index (χ1n) is 5.84. The largest absolute Gasteiger partial charge is 0.320 e. The molecule has 1 N–H and O–H groups in total. The van der Waals surface area contributed by atoms with Gasteiger partial charge in [-0.25, -0.2) is 0 Å². The molecular weight excluding hydrogens is 196 g/mol. The number of aromatic nitrogens is 1. The molecule has 1 heterocycles. The van der Waals surface area contributed by atoms with Gasteiger partial charge in [0.15, 0.2) is 0 Å². The van der Waals surface area contributed by atoms with Crippen molar-refractivity contribution in [2.24, 2.45) is 0 Å². The first kappa shape index (κ1) is 11.0. The average Bonchev–Trinajstić information content (AvgIpc) is 2.79. The Balaban J connectivity index is 2.13. The highest BCUT2D eigenvalue weighted by Crippen LogP contribution is 2.11. The van der Waals surface area contributed by atoms with Crippen molar-refractivity contribution >= 4 is 0 Å². The van der Waals surface area contributed by atoms with Crippen LogP contribution in [0, 0.1) is 0 Å². The van der Waals surface area contributed by atoms with E-state index in [1.54, 1.807) is 0 Å². The third-order valence-corrected chi connectivity index (χ3v) is 2.60. The van der Waals surface area contributed by atoms with Crippen LogP contribution in [0.15, 0.2) is 48.7 Å². The monoisotopic (exact) mass is 214 g/mol. The van der Waals surface area contributed by atoms with Gasteiger partial charge in [-0.2, -0.15) is 0 Å². The SMILES string of the molecule is CCCNCc1cccn1-c1ccccc1. The Morgan fingerprint density at radius 3 is 2.62 bits per heavy atom. The van der Waals surface area contributed by atoms with Crippen molar-refractivity contribution in [3.8, 4) is 5.69 Å². The van der Waals surface area contributed by atoms with Crippen LogP contribution in [0.4, 0.5) is 0 Å². The van der Waals surface area contributed by atoms with Crippen molar-refractivity contribution in [2.45, 2.75) is 19.9 Å². The first-order chi connectivity index (χ1) is 7.92. The van der Waals surface area contributed by atoms with Crippen molar-refractivity contribution in [1.29, 1.82) is 0 Å². The predicted octanol–water partition coefficient (Wildman–Crippen LogP) is 2.98. The molecule has 16 heavy (non-hydrogen) atoms. The molecule has 0 saturated carbocycles. The number of benzene rings is 1. The average molecular weight is 214 g/mol. The van der Waals surface area contributed by atoms with Crippen molar-refractivity contribution in [3.63, 3.8) is 0 Å². The summed E-state index contributed by atoms with van der Waals surface area (Å²) in [7, 11) is 0. The van der Waals surface area contributed by atoms with Crippen LogP contribution in [-0.2, 0) is 6.54 Å². The lowest BCUT2D eigenvalue weighted by atomic mass is 10.3. The molecule has 0 fully saturated rings. The second-order valence-electron chi connectivity index (χ2n) is 3.88. The highest BCUT2D eigenvalue weighted by atomic mass is 15.0.